The summed E-state index contributed by atoms with van der Waals surface area (Å²) in [5.41, 5.74) is 0.613. The molecule has 0 bridgehead atoms. The van der Waals surface area contributed by atoms with Crippen LogP contribution < -0.4 is 4.90 Å². The Labute approximate surface area is 178 Å². The number of pyridine rings is 1. The Morgan fingerprint density at radius 1 is 0.903 bits per heavy atom. The van der Waals surface area contributed by atoms with Gasteiger partial charge < -0.3 is 4.90 Å². The fourth-order valence-corrected chi connectivity index (χ4v) is 5.95. The number of aromatic nitrogens is 1. The highest BCUT2D eigenvalue weighted by Gasteiger charge is 2.30. The quantitative estimate of drug-likeness (QED) is 0.586. The summed E-state index contributed by atoms with van der Waals surface area (Å²) in [7, 11) is -7.58. The third-order valence-electron chi connectivity index (χ3n) is 5.19. The smallest absolute Gasteiger partial charge is 0.211 e. The number of halogens is 2. The molecule has 1 aromatic heterocycles. The molecule has 1 fully saturated rings. The fraction of sp³-hybridized carbons (Fsp3) is 0.250. The highest BCUT2D eigenvalue weighted by molar-refractivity contribution is 7.91. The number of nitrogens with zero attached hydrogens (tertiary/aromatic N) is 3. The third kappa shape index (κ3) is 4.12. The second-order valence-electron chi connectivity index (χ2n) is 7.24. The van der Waals surface area contributed by atoms with E-state index in [0.29, 0.717) is 5.52 Å². The molecule has 31 heavy (non-hydrogen) atoms. The van der Waals surface area contributed by atoms with Crippen LogP contribution in [0, 0.1) is 11.6 Å². The average Bonchev–Trinajstić information content (AvgIpc) is 2.72. The Morgan fingerprint density at radius 3 is 2.23 bits per heavy atom. The van der Waals surface area contributed by atoms with E-state index in [1.165, 1.54) is 40.8 Å². The SMILES string of the molecule is CS(=O)(=O)N1CCN(c2c(S(=O)(=O)c3cccc(F)c3)cnc3ccc(F)cc23)CC1. The maximum Gasteiger partial charge on any atom is 0.211 e. The van der Waals surface area contributed by atoms with Crippen molar-refractivity contribution < 1.29 is 25.6 Å². The van der Waals surface area contributed by atoms with Gasteiger partial charge in [0.15, 0.2) is 0 Å². The molecule has 11 heteroatoms. The molecule has 0 radical (unpaired) electrons. The minimum absolute atomic E-state index is 0.150. The lowest BCUT2D eigenvalue weighted by molar-refractivity contribution is 0.387. The molecule has 2 aromatic carbocycles. The van der Waals surface area contributed by atoms with Gasteiger partial charge in [0.2, 0.25) is 19.9 Å². The molecule has 0 unspecified atom stereocenters. The van der Waals surface area contributed by atoms with E-state index in [1.807, 2.05) is 0 Å². The summed E-state index contributed by atoms with van der Waals surface area (Å²) in [6.45, 7) is 0.706. The van der Waals surface area contributed by atoms with Crippen LogP contribution in [0.2, 0.25) is 0 Å². The van der Waals surface area contributed by atoms with Crippen LogP contribution in [0.15, 0.2) is 58.5 Å². The van der Waals surface area contributed by atoms with Gasteiger partial charge in [-0.15, -0.1) is 0 Å². The lowest BCUT2D eigenvalue weighted by Crippen LogP contribution is -2.48. The van der Waals surface area contributed by atoms with Crippen LogP contribution in [0.1, 0.15) is 0 Å². The fourth-order valence-electron chi connectivity index (χ4n) is 3.66. The van der Waals surface area contributed by atoms with Gasteiger partial charge in [0.25, 0.3) is 0 Å². The van der Waals surface area contributed by atoms with Crippen LogP contribution in [0.4, 0.5) is 14.5 Å². The Kier molecular flexibility index (Phi) is 5.44. The largest absolute Gasteiger partial charge is 0.367 e. The van der Waals surface area contributed by atoms with Crippen molar-refractivity contribution in [3.05, 3.63) is 60.3 Å². The molecule has 0 amide bonds. The first-order valence-electron chi connectivity index (χ1n) is 9.36. The van der Waals surface area contributed by atoms with E-state index in [0.717, 1.165) is 18.4 Å². The molecule has 0 N–H and O–H groups in total. The highest BCUT2D eigenvalue weighted by Crippen LogP contribution is 2.36. The van der Waals surface area contributed by atoms with Gasteiger partial charge in [-0.1, -0.05) is 6.07 Å². The molecule has 7 nitrogen and oxygen atoms in total. The maximum atomic E-state index is 14.1. The van der Waals surface area contributed by atoms with E-state index < -0.39 is 31.5 Å². The number of rotatable bonds is 4. The zero-order valence-corrected chi connectivity index (χ0v) is 18.1. The van der Waals surface area contributed by atoms with Crippen LogP contribution in [0.25, 0.3) is 10.9 Å². The van der Waals surface area contributed by atoms with E-state index in [2.05, 4.69) is 4.98 Å². The Balaban J connectivity index is 1.89. The summed E-state index contributed by atoms with van der Waals surface area (Å²) in [6.07, 6.45) is 2.29. The summed E-state index contributed by atoms with van der Waals surface area (Å²) >= 11 is 0. The number of hydrogen-bond donors (Lipinski definition) is 0. The minimum Gasteiger partial charge on any atom is -0.367 e. The Hall–Kier alpha value is -2.63. The van der Waals surface area contributed by atoms with E-state index in [9.17, 15) is 25.6 Å². The van der Waals surface area contributed by atoms with Crippen molar-refractivity contribution in [1.29, 1.82) is 0 Å². The van der Waals surface area contributed by atoms with Gasteiger partial charge >= 0.3 is 0 Å². The highest BCUT2D eigenvalue weighted by atomic mass is 32.2. The molecule has 1 aliphatic heterocycles. The molecule has 0 atom stereocenters. The average molecular weight is 468 g/mol. The van der Waals surface area contributed by atoms with Crippen molar-refractivity contribution in [2.75, 3.05) is 37.3 Å². The van der Waals surface area contributed by atoms with Gasteiger partial charge in [-0.2, -0.15) is 4.31 Å². The number of anilines is 1. The van der Waals surface area contributed by atoms with Crippen LogP contribution >= 0.6 is 0 Å². The topological polar surface area (TPSA) is 87.7 Å². The van der Waals surface area contributed by atoms with Crippen LogP contribution in [-0.2, 0) is 19.9 Å². The van der Waals surface area contributed by atoms with Gasteiger partial charge in [0, 0.05) is 37.8 Å². The van der Waals surface area contributed by atoms with Crippen molar-refractivity contribution in [1.82, 2.24) is 9.29 Å². The first-order valence-corrected chi connectivity index (χ1v) is 12.7. The van der Waals surface area contributed by atoms with Crippen molar-refractivity contribution >= 4 is 36.5 Å². The molecule has 0 aliphatic carbocycles. The van der Waals surface area contributed by atoms with Gasteiger partial charge in [0.1, 0.15) is 16.5 Å². The molecule has 0 saturated carbocycles. The van der Waals surface area contributed by atoms with Crippen LogP contribution in [0.5, 0.6) is 0 Å². The number of sulfone groups is 1. The normalized spacial score (nSPS) is 16.0. The summed E-state index contributed by atoms with van der Waals surface area (Å²) in [4.78, 5) is 5.44. The van der Waals surface area contributed by atoms with Crippen molar-refractivity contribution in [2.45, 2.75) is 9.79 Å². The van der Waals surface area contributed by atoms with Crippen LogP contribution in [0.3, 0.4) is 0 Å². The zero-order valence-electron chi connectivity index (χ0n) is 16.5. The summed E-state index contributed by atoms with van der Waals surface area (Å²) in [6, 6.07) is 8.49. The Morgan fingerprint density at radius 2 is 1.58 bits per heavy atom. The van der Waals surface area contributed by atoms with Crippen molar-refractivity contribution in [3.8, 4) is 0 Å². The molecule has 1 saturated heterocycles. The number of sulfonamides is 1. The lowest BCUT2D eigenvalue weighted by Gasteiger charge is -2.36. The third-order valence-corrected chi connectivity index (χ3v) is 8.24. The van der Waals surface area contributed by atoms with Gasteiger partial charge in [-0.25, -0.2) is 25.6 Å². The number of benzene rings is 2. The summed E-state index contributed by atoms with van der Waals surface area (Å²) < 4.78 is 79.5. The number of hydrogen-bond acceptors (Lipinski definition) is 6. The zero-order chi connectivity index (χ0) is 22.4. The van der Waals surface area contributed by atoms with E-state index >= 15 is 0 Å². The van der Waals surface area contributed by atoms with Crippen LogP contribution in [-0.4, -0.2) is 58.6 Å². The molecule has 1 aliphatic rings. The monoisotopic (exact) mass is 467 g/mol. The first kappa shape index (κ1) is 21.6. The molecule has 164 valence electrons. The number of fused-ring (bicyclic) bond motifs is 1. The Bertz CT molecular complexity index is 1370. The summed E-state index contributed by atoms with van der Waals surface area (Å²) in [5.74, 6) is -1.27. The van der Waals surface area contributed by atoms with E-state index in [-0.39, 0.29) is 47.0 Å². The predicted octanol–water partition coefficient (Wildman–Crippen LogP) is 2.43. The molecule has 3 aromatic rings. The predicted molar refractivity (Wildman–Crippen MR) is 112 cm³/mol. The minimum atomic E-state index is -4.19. The second kappa shape index (κ2) is 7.81. The summed E-state index contributed by atoms with van der Waals surface area (Å²) in [5, 5.41) is 0.283. The lowest BCUT2D eigenvalue weighted by atomic mass is 10.1. The second-order valence-corrected chi connectivity index (χ2v) is 11.1. The van der Waals surface area contributed by atoms with E-state index in [1.54, 1.807) is 4.90 Å². The van der Waals surface area contributed by atoms with Gasteiger partial charge in [-0.05, 0) is 36.4 Å². The standard InChI is InChI=1S/C20H19F2N3O4S2/c1-30(26,27)25-9-7-24(8-10-25)20-17-12-15(22)5-6-18(17)23-13-19(20)31(28,29)16-4-2-3-14(21)11-16/h2-6,11-13H,7-10H2,1H3. The first-order chi connectivity index (χ1) is 14.6. The molecule has 0 spiro atoms. The van der Waals surface area contributed by atoms with Gasteiger partial charge in [-0.3, -0.25) is 4.98 Å². The molecule has 4 rings (SSSR count). The van der Waals surface area contributed by atoms with E-state index in [4.69, 9.17) is 0 Å². The molecular weight excluding hydrogens is 448 g/mol. The molecule has 2 heterocycles. The van der Waals surface area contributed by atoms with Crippen molar-refractivity contribution in [3.63, 3.8) is 0 Å². The number of piperazine rings is 1. The maximum absolute atomic E-state index is 14.1. The van der Waals surface area contributed by atoms with Gasteiger partial charge in [0.05, 0.1) is 22.4 Å². The van der Waals surface area contributed by atoms with Crippen molar-refractivity contribution in [2.24, 2.45) is 0 Å². The molecular formula is C20H19F2N3O4S2.